The molecular weight excluding hydrogens is 154 g/mol. The normalized spacial score (nSPS) is 10.5. The predicted octanol–water partition coefficient (Wildman–Crippen LogP) is 0.514. The summed E-state index contributed by atoms with van der Waals surface area (Å²) in [5.74, 6) is 0.834. The lowest BCUT2D eigenvalue weighted by atomic mass is 10.2. The van der Waals surface area contributed by atoms with Crippen molar-refractivity contribution in [3.8, 4) is 11.4 Å². The van der Waals surface area contributed by atoms with Crippen LogP contribution < -0.4 is 0 Å². The Bertz CT molecular complexity index is 348. The van der Waals surface area contributed by atoms with Crippen molar-refractivity contribution in [3.63, 3.8) is 0 Å². The van der Waals surface area contributed by atoms with Gasteiger partial charge in [-0.1, -0.05) is 0 Å². The van der Waals surface area contributed by atoms with Crippen molar-refractivity contribution in [1.82, 2.24) is 25.0 Å². The van der Waals surface area contributed by atoms with Crippen molar-refractivity contribution in [2.24, 2.45) is 7.05 Å². The second kappa shape index (κ2) is 2.44. The lowest BCUT2D eigenvalue weighted by Crippen LogP contribution is -1.91. The van der Waals surface area contributed by atoms with E-state index in [9.17, 15) is 0 Å². The maximum Gasteiger partial charge on any atom is 0.166 e. The average molecular weight is 163 g/mol. The molecule has 0 amide bonds. The van der Waals surface area contributed by atoms with E-state index in [4.69, 9.17) is 0 Å². The monoisotopic (exact) mass is 163 g/mol. The molecule has 0 spiro atoms. The number of nitrogens with zero attached hydrogens (tertiary/aromatic N) is 4. The fourth-order valence-corrected chi connectivity index (χ4v) is 1.10. The molecule has 0 unspecified atom stereocenters. The fraction of sp³-hybridized carbons (Fsp3) is 0.286. The molecule has 2 heterocycles. The van der Waals surface area contributed by atoms with Gasteiger partial charge in [-0.3, -0.25) is 5.10 Å². The summed E-state index contributed by atoms with van der Waals surface area (Å²) in [4.78, 5) is 0. The first-order chi connectivity index (χ1) is 5.79. The van der Waals surface area contributed by atoms with Crippen LogP contribution in [-0.2, 0) is 7.05 Å². The molecule has 62 valence electrons. The molecule has 0 aliphatic carbocycles. The highest BCUT2D eigenvalue weighted by Crippen LogP contribution is 2.16. The van der Waals surface area contributed by atoms with Crippen molar-refractivity contribution in [1.29, 1.82) is 0 Å². The molecule has 2 rings (SSSR count). The van der Waals surface area contributed by atoms with E-state index in [1.807, 2.05) is 18.5 Å². The van der Waals surface area contributed by atoms with E-state index < -0.39 is 0 Å². The average Bonchev–Trinajstić information content (AvgIpc) is 2.59. The van der Waals surface area contributed by atoms with Crippen LogP contribution in [0.5, 0.6) is 0 Å². The maximum absolute atomic E-state index is 3.97. The first kappa shape index (κ1) is 7.02. The second-order valence-corrected chi connectivity index (χ2v) is 2.67. The number of hydrogen-bond donors (Lipinski definition) is 1. The maximum atomic E-state index is 3.97. The van der Waals surface area contributed by atoms with Gasteiger partial charge in [-0.2, -0.15) is 5.10 Å². The van der Waals surface area contributed by atoms with Crippen LogP contribution in [0.3, 0.4) is 0 Å². The van der Waals surface area contributed by atoms with E-state index >= 15 is 0 Å². The number of nitrogens with one attached hydrogen (secondary N) is 1. The minimum atomic E-state index is 0.834. The Morgan fingerprint density at radius 1 is 1.50 bits per heavy atom. The van der Waals surface area contributed by atoms with Crippen molar-refractivity contribution in [2.75, 3.05) is 0 Å². The molecule has 0 aliphatic rings. The van der Waals surface area contributed by atoms with Gasteiger partial charge in [-0.25, -0.2) is 0 Å². The van der Waals surface area contributed by atoms with Gasteiger partial charge < -0.3 is 4.57 Å². The number of rotatable bonds is 1. The van der Waals surface area contributed by atoms with Gasteiger partial charge in [0.15, 0.2) is 5.82 Å². The number of aryl methyl sites for hydroxylation is 2. The van der Waals surface area contributed by atoms with Gasteiger partial charge in [-0.15, -0.1) is 10.2 Å². The Hall–Kier alpha value is -1.65. The van der Waals surface area contributed by atoms with E-state index in [1.165, 1.54) is 0 Å². The molecule has 5 nitrogen and oxygen atoms in total. The van der Waals surface area contributed by atoms with Crippen LogP contribution in [0.4, 0.5) is 0 Å². The summed E-state index contributed by atoms with van der Waals surface area (Å²) in [5, 5.41) is 14.5. The summed E-state index contributed by atoms with van der Waals surface area (Å²) in [6.45, 7) is 1.96. The van der Waals surface area contributed by atoms with Gasteiger partial charge in [0, 0.05) is 12.7 Å². The lowest BCUT2D eigenvalue weighted by Gasteiger charge is -1.96. The van der Waals surface area contributed by atoms with Crippen LogP contribution in [0.25, 0.3) is 11.4 Å². The summed E-state index contributed by atoms with van der Waals surface area (Å²) in [6, 6.07) is 0. The standard InChI is InChI=1S/C7H9N5/c1-5-6(3-8-10-5)7-11-9-4-12(7)2/h3-4H,1-2H3,(H,8,10). The quantitative estimate of drug-likeness (QED) is 0.666. The molecule has 12 heavy (non-hydrogen) atoms. The Morgan fingerprint density at radius 3 is 2.83 bits per heavy atom. The first-order valence-corrected chi connectivity index (χ1v) is 3.63. The number of H-pyrrole nitrogens is 1. The van der Waals surface area contributed by atoms with Crippen LogP contribution in [-0.4, -0.2) is 25.0 Å². The number of hydrogen-bond acceptors (Lipinski definition) is 3. The van der Waals surface area contributed by atoms with E-state index in [0.717, 1.165) is 17.1 Å². The zero-order valence-electron chi connectivity index (χ0n) is 6.94. The smallest absolute Gasteiger partial charge is 0.166 e. The first-order valence-electron chi connectivity index (χ1n) is 3.63. The highest BCUT2D eigenvalue weighted by molar-refractivity contribution is 5.56. The largest absolute Gasteiger partial charge is 0.317 e. The Labute approximate surface area is 69.4 Å². The topological polar surface area (TPSA) is 59.4 Å². The molecule has 0 saturated heterocycles. The minimum Gasteiger partial charge on any atom is -0.317 e. The highest BCUT2D eigenvalue weighted by atomic mass is 15.3. The Balaban J connectivity index is 2.57. The Kier molecular flexibility index (Phi) is 1.43. The second-order valence-electron chi connectivity index (χ2n) is 2.67. The molecule has 0 atom stereocenters. The summed E-state index contributed by atoms with van der Waals surface area (Å²) < 4.78 is 1.86. The third-order valence-electron chi connectivity index (χ3n) is 1.78. The SMILES string of the molecule is Cc1[nH]ncc1-c1nncn1C. The molecule has 2 aromatic heterocycles. The lowest BCUT2D eigenvalue weighted by molar-refractivity contribution is 0.918. The molecule has 0 bridgehead atoms. The fourth-order valence-electron chi connectivity index (χ4n) is 1.10. The molecule has 0 fully saturated rings. The van der Waals surface area contributed by atoms with E-state index in [1.54, 1.807) is 12.5 Å². The molecule has 5 heteroatoms. The van der Waals surface area contributed by atoms with Crippen LogP contribution in [0.1, 0.15) is 5.69 Å². The van der Waals surface area contributed by atoms with E-state index in [2.05, 4.69) is 20.4 Å². The van der Waals surface area contributed by atoms with Gasteiger partial charge >= 0.3 is 0 Å². The minimum absolute atomic E-state index is 0.834. The summed E-state index contributed by atoms with van der Waals surface area (Å²) >= 11 is 0. The third kappa shape index (κ3) is 0.903. The molecule has 0 aromatic carbocycles. The van der Waals surface area contributed by atoms with E-state index in [-0.39, 0.29) is 0 Å². The molecular formula is C7H9N5. The van der Waals surface area contributed by atoms with Gasteiger partial charge in [0.05, 0.1) is 11.8 Å². The molecule has 0 saturated carbocycles. The van der Waals surface area contributed by atoms with Crippen molar-refractivity contribution >= 4 is 0 Å². The van der Waals surface area contributed by atoms with Crippen LogP contribution in [0.2, 0.25) is 0 Å². The molecule has 0 radical (unpaired) electrons. The zero-order chi connectivity index (χ0) is 8.55. The summed E-state index contributed by atoms with van der Waals surface area (Å²) in [6.07, 6.45) is 3.42. The van der Waals surface area contributed by atoms with Crippen molar-refractivity contribution in [2.45, 2.75) is 6.92 Å². The third-order valence-corrected chi connectivity index (χ3v) is 1.78. The molecule has 0 aliphatic heterocycles. The predicted molar refractivity (Wildman–Crippen MR) is 43.3 cm³/mol. The van der Waals surface area contributed by atoms with Crippen molar-refractivity contribution < 1.29 is 0 Å². The number of aromatic amines is 1. The van der Waals surface area contributed by atoms with Crippen LogP contribution in [0.15, 0.2) is 12.5 Å². The van der Waals surface area contributed by atoms with Crippen LogP contribution in [0, 0.1) is 6.92 Å². The summed E-state index contributed by atoms with van der Waals surface area (Å²) in [7, 11) is 1.90. The van der Waals surface area contributed by atoms with Gasteiger partial charge in [0.2, 0.25) is 0 Å². The van der Waals surface area contributed by atoms with Gasteiger partial charge in [-0.05, 0) is 6.92 Å². The Morgan fingerprint density at radius 2 is 2.33 bits per heavy atom. The van der Waals surface area contributed by atoms with Gasteiger partial charge in [0.25, 0.3) is 0 Å². The van der Waals surface area contributed by atoms with Crippen molar-refractivity contribution in [3.05, 3.63) is 18.2 Å². The van der Waals surface area contributed by atoms with E-state index in [0.29, 0.717) is 0 Å². The zero-order valence-corrected chi connectivity index (χ0v) is 6.94. The van der Waals surface area contributed by atoms with Gasteiger partial charge in [0.1, 0.15) is 6.33 Å². The van der Waals surface area contributed by atoms with Crippen LogP contribution >= 0.6 is 0 Å². The molecule has 1 N–H and O–H groups in total. The summed E-state index contributed by atoms with van der Waals surface area (Å²) in [5.41, 5.74) is 2.00. The number of aromatic nitrogens is 5. The highest BCUT2D eigenvalue weighted by Gasteiger charge is 2.08. The molecule has 2 aromatic rings.